The Labute approximate surface area is 90.5 Å². The smallest absolute Gasteiger partial charge is 0.166 e. The number of phenolic OH excluding ortho intramolecular Hbond substituents is 1. The van der Waals surface area contributed by atoms with Crippen LogP contribution in [0.5, 0.6) is 5.75 Å². The van der Waals surface area contributed by atoms with Crippen molar-refractivity contribution < 1.29 is 14.6 Å². The molecule has 0 saturated carbocycles. The lowest BCUT2D eigenvalue weighted by molar-refractivity contribution is 0.193. The molecule has 0 spiro atoms. The molecule has 1 aromatic carbocycles. The van der Waals surface area contributed by atoms with Gasteiger partial charge >= 0.3 is 0 Å². The van der Waals surface area contributed by atoms with E-state index in [1.165, 1.54) is 6.07 Å². The van der Waals surface area contributed by atoms with Gasteiger partial charge in [0.1, 0.15) is 0 Å². The molecule has 4 heteroatoms. The molecule has 0 radical (unpaired) electrons. The maximum Gasteiger partial charge on any atom is 0.166 e. The molecule has 0 bridgehead atoms. The van der Waals surface area contributed by atoms with Crippen molar-refractivity contribution in [1.29, 1.82) is 0 Å². The van der Waals surface area contributed by atoms with Crippen molar-refractivity contribution in [2.75, 3.05) is 0 Å². The lowest BCUT2D eigenvalue weighted by Gasteiger charge is -2.12. The molecule has 14 heavy (non-hydrogen) atoms. The largest absolute Gasteiger partial charge is 0.505 e. The van der Waals surface area contributed by atoms with Gasteiger partial charge in [0.25, 0.3) is 0 Å². The minimum absolute atomic E-state index is 0.244. The third-order valence-electron chi connectivity index (χ3n) is 2.08. The van der Waals surface area contributed by atoms with Gasteiger partial charge in [-0.3, -0.25) is 0 Å². The van der Waals surface area contributed by atoms with Crippen LogP contribution < -0.4 is 0 Å². The number of hydrogen-bond acceptors (Lipinski definition) is 2. The van der Waals surface area contributed by atoms with Gasteiger partial charge in [0, 0.05) is 16.5 Å². The second-order valence-corrected chi connectivity index (χ2v) is 4.20. The van der Waals surface area contributed by atoms with Crippen molar-refractivity contribution in [2.24, 2.45) is 0 Å². The topological polar surface area (TPSA) is 40.5 Å². The Morgan fingerprint density at radius 3 is 2.64 bits per heavy atom. The highest BCUT2D eigenvalue weighted by Gasteiger charge is 2.15. The van der Waals surface area contributed by atoms with Crippen LogP contribution >= 0.6 is 15.9 Å². The fourth-order valence-corrected chi connectivity index (χ4v) is 1.74. The van der Waals surface area contributed by atoms with E-state index in [1.807, 2.05) is 0 Å². The maximum atomic E-state index is 13.1. The number of benzene rings is 1. The normalized spacial score (nSPS) is 12.9. The molecular weight excluding hydrogens is 251 g/mol. The van der Waals surface area contributed by atoms with Crippen molar-refractivity contribution in [2.45, 2.75) is 26.4 Å². The predicted octanol–water partition coefficient (Wildman–Crippen LogP) is 2.53. The molecule has 1 rings (SSSR count). The predicted molar refractivity (Wildman–Crippen MR) is 55.9 cm³/mol. The Hall–Kier alpha value is -0.610. The Morgan fingerprint density at radius 1 is 1.57 bits per heavy atom. The van der Waals surface area contributed by atoms with Crippen molar-refractivity contribution in [3.8, 4) is 5.75 Å². The number of aliphatic hydroxyl groups is 1. The first kappa shape index (κ1) is 11.5. The van der Waals surface area contributed by atoms with Crippen molar-refractivity contribution in [3.63, 3.8) is 0 Å². The molecule has 0 aromatic heterocycles. The second kappa shape index (κ2) is 4.28. The Bertz CT molecular complexity index is 324. The van der Waals surface area contributed by atoms with Crippen molar-refractivity contribution in [3.05, 3.63) is 27.5 Å². The highest BCUT2D eigenvalue weighted by molar-refractivity contribution is 9.10. The molecule has 1 aromatic rings. The summed E-state index contributed by atoms with van der Waals surface area (Å²) in [4.78, 5) is 0. The number of phenols is 1. The molecular formula is C10H12BrFO2. The molecule has 0 heterocycles. The van der Waals surface area contributed by atoms with E-state index in [1.54, 1.807) is 13.8 Å². The van der Waals surface area contributed by atoms with Crippen LogP contribution in [0.25, 0.3) is 0 Å². The van der Waals surface area contributed by atoms with Gasteiger partial charge in [0.2, 0.25) is 0 Å². The van der Waals surface area contributed by atoms with E-state index in [2.05, 4.69) is 15.9 Å². The summed E-state index contributed by atoms with van der Waals surface area (Å²) in [7, 11) is 0. The highest BCUT2D eigenvalue weighted by atomic mass is 79.9. The lowest BCUT2D eigenvalue weighted by Crippen LogP contribution is -2.07. The molecule has 0 saturated heterocycles. The number of halogens is 2. The number of aliphatic hydroxyl groups excluding tert-OH is 1. The van der Waals surface area contributed by atoms with Gasteiger partial charge in [0.15, 0.2) is 11.6 Å². The van der Waals surface area contributed by atoms with Gasteiger partial charge in [-0.25, -0.2) is 4.39 Å². The Balaban J connectivity index is 3.25. The zero-order chi connectivity index (χ0) is 10.9. The third kappa shape index (κ3) is 2.25. The molecule has 1 unspecified atom stereocenters. The minimum Gasteiger partial charge on any atom is -0.505 e. The molecule has 0 amide bonds. The summed E-state index contributed by atoms with van der Waals surface area (Å²) in [6, 6.07) is 1.22. The van der Waals surface area contributed by atoms with E-state index in [-0.39, 0.29) is 12.2 Å². The first-order chi connectivity index (χ1) is 6.43. The summed E-state index contributed by atoms with van der Waals surface area (Å²) in [5.41, 5.74) is 1.21. The summed E-state index contributed by atoms with van der Waals surface area (Å²) >= 11 is 3.19. The minimum atomic E-state index is -0.668. The SMILES string of the molecule is Cc1c(Br)cc(F)c(O)c1CC(C)O. The van der Waals surface area contributed by atoms with Crippen LogP contribution in [0.1, 0.15) is 18.1 Å². The first-order valence-corrected chi connectivity index (χ1v) is 5.07. The quantitative estimate of drug-likeness (QED) is 0.860. The van der Waals surface area contributed by atoms with Crippen molar-refractivity contribution >= 4 is 15.9 Å². The van der Waals surface area contributed by atoms with Crippen LogP contribution in [0.4, 0.5) is 4.39 Å². The average Bonchev–Trinajstić information content (AvgIpc) is 2.09. The zero-order valence-electron chi connectivity index (χ0n) is 8.01. The molecule has 2 nitrogen and oxygen atoms in total. The molecule has 1 atom stereocenters. The molecule has 0 aliphatic rings. The average molecular weight is 263 g/mol. The number of hydrogen-bond donors (Lipinski definition) is 2. The van der Waals surface area contributed by atoms with Crippen LogP contribution in [0.15, 0.2) is 10.5 Å². The standard InChI is InChI=1S/C10H12BrFO2/c1-5(13)3-7-6(2)8(11)4-9(12)10(7)14/h4-5,13-14H,3H2,1-2H3. The molecule has 0 aliphatic heterocycles. The van der Waals surface area contributed by atoms with Gasteiger partial charge in [0.05, 0.1) is 6.10 Å². The summed E-state index contributed by atoms with van der Waals surface area (Å²) in [5, 5.41) is 18.6. The van der Waals surface area contributed by atoms with Crippen LogP contribution in [-0.4, -0.2) is 16.3 Å². The summed E-state index contributed by atoms with van der Waals surface area (Å²) in [5.74, 6) is -1.04. The molecule has 78 valence electrons. The highest BCUT2D eigenvalue weighted by Crippen LogP contribution is 2.31. The van der Waals surface area contributed by atoms with E-state index >= 15 is 0 Å². The van der Waals surface area contributed by atoms with E-state index in [0.717, 1.165) is 5.56 Å². The zero-order valence-corrected chi connectivity index (χ0v) is 9.60. The Morgan fingerprint density at radius 2 is 2.14 bits per heavy atom. The van der Waals surface area contributed by atoms with Gasteiger partial charge < -0.3 is 10.2 Å². The number of aromatic hydroxyl groups is 1. The van der Waals surface area contributed by atoms with E-state index in [0.29, 0.717) is 10.0 Å². The summed E-state index contributed by atoms with van der Waals surface area (Å²) in [6.07, 6.45) is -0.359. The Kier molecular flexibility index (Phi) is 3.50. The molecule has 2 N–H and O–H groups in total. The summed E-state index contributed by atoms with van der Waals surface area (Å²) in [6.45, 7) is 3.36. The lowest BCUT2D eigenvalue weighted by atomic mass is 10.0. The molecule has 0 aliphatic carbocycles. The first-order valence-electron chi connectivity index (χ1n) is 4.28. The molecule has 0 fully saturated rings. The van der Waals surface area contributed by atoms with Gasteiger partial charge in [-0.2, -0.15) is 0 Å². The van der Waals surface area contributed by atoms with Crippen LogP contribution in [0, 0.1) is 12.7 Å². The fourth-order valence-electron chi connectivity index (χ4n) is 1.30. The van der Waals surface area contributed by atoms with E-state index in [9.17, 15) is 14.6 Å². The monoisotopic (exact) mass is 262 g/mol. The van der Waals surface area contributed by atoms with Crippen LogP contribution in [0.2, 0.25) is 0 Å². The van der Waals surface area contributed by atoms with Crippen LogP contribution in [0.3, 0.4) is 0 Å². The van der Waals surface area contributed by atoms with Gasteiger partial charge in [-0.15, -0.1) is 0 Å². The van der Waals surface area contributed by atoms with Crippen LogP contribution in [-0.2, 0) is 6.42 Å². The van der Waals surface area contributed by atoms with Gasteiger partial charge in [-0.05, 0) is 25.5 Å². The number of rotatable bonds is 2. The maximum absolute atomic E-state index is 13.1. The van der Waals surface area contributed by atoms with E-state index < -0.39 is 11.9 Å². The summed E-state index contributed by atoms with van der Waals surface area (Å²) < 4.78 is 13.7. The second-order valence-electron chi connectivity index (χ2n) is 3.35. The van der Waals surface area contributed by atoms with Gasteiger partial charge in [-0.1, -0.05) is 15.9 Å². The van der Waals surface area contributed by atoms with E-state index in [4.69, 9.17) is 0 Å². The third-order valence-corrected chi connectivity index (χ3v) is 2.90. The fraction of sp³-hybridized carbons (Fsp3) is 0.400. The van der Waals surface area contributed by atoms with Crippen molar-refractivity contribution in [1.82, 2.24) is 0 Å².